The minimum absolute atomic E-state index is 0.214. The largest absolute Gasteiger partial charge is 0.496 e. The number of hydrogen-bond donors (Lipinski definition) is 3. The average molecular weight is 378 g/mol. The van der Waals surface area contributed by atoms with E-state index in [2.05, 4.69) is 20.6 Å². The van der Waals surface area contributed by atoms with Crippen LogP contribution in [0, 0.1) is 6.92 Å². The summed E-state index contributed by atoms with van der Waals surface area (Å²) in [5.74, 6) is 1.79. The van der Waals surface area contributed by atoms with Gasteiger partial charge in [0.25, 0.3) is 0 Å². The number of carboxylic acids is 1. The first-order chi connectivity index (χ1) is 13.5. The fraction of sp³-hybridized carbons (Fsp3) is 0.190. The zero-order chi connectivity index (χ0) is 19.9. The molecule has 3 aromatic rings. The van der Waals surface area contributed by atoms with Gasteiger partial charge < -0.3 is 20.5 Å². The van der Waals surface area contributed by atoms with Crippen molar-refractivity contribution in [1.82, 2.24) is 9.97 Å². The Morgan fingerprint density at radius 3 is 2.64 bits per heavy atom. The van der Waals surface area contributed by atoms with Crippen molar-refractivity contribution in [3.8, 4) is 5.75 Å². The van der Waals surface area contributed by atoms with Gasteiger partial charge in [-0.25, -0.2) is 14.8 Å². The minimum atomic E-state index is -0.971. The van der Waals surface area contributed by atoms with Gasteiger partial charge in [0.15, 0.2) is 0 Å². The Morgan fingerprint density at radius 1 is 1.07 bits per heavy atom. The summed E-state index contributed by atoms with van der Waals surface area (Å²) < 4.78 is 5.37. The van der Waals surface area contributed by atoms with Crippen molar-refractivity contribution < 1.29 is 14.6 Å². The summed E-state index contributed by atoms with van der Waals surface area (Å²) in [4.78, 5) is 19.9. The van der Waals surface area contributed by atoms with Crippen LogP contribution in [0.1, 0.15) is 21.7 Å². The fourth-order valence-corrected chi connectivity index (χ4v) is 2.83. The maximum absolute atomic E-state index is 11.1. The number of aromatic nitrogens is 2. The highest BCUT2D eigenvalue weighted by Gasteiger charge is 2.07. The van der Waals surface area contributed by atoms with E-state index in [0.717, 1.165) is 17.7 Å². The number of anilines is 3. The predicted molar refractivity (Wildman–Crippen MR) is 109 cm³/mol. The molecule has 3 N–H and O–H groups in total. The molecular weight excluding hydrogens is 356 g/mol. The molecule has 0 unspecified atom stereocenters. The van der Waals surface area contributed by atoms with Crippen LogP contribution < -0.4 is 15.4 Å². The third-order valence-corrected chi connectivity index (χ3v) is 4.11. The number of para-hydroxylation sites is 1. The van der Waals surface area contributed by atoms with Gasteiger partial charge in [-0.2, -0.15) is 0 Å². The van der Waals surface area contributed by atoms with E-state index in [1.54, 1.807) is 37.4 Å². The molecule has 0 radical (unpaired) electrons. The Balaban J connectivity index is 1.68. The number of nitrogens with one attached hydrogen (secondary N) is 2. The van der Waals surface area contributed by atoms with Crippen LogP contribution in [0.3, 0.4) is 0 Å². The van der Waals surface area contributed by atoms with Gasteiger partial charge >= 0.3 is 5.97 Å². The minimum Gasteiger partial charge on any atom is -0.496 e. The molecule has 0 atom stereocenters. The van der Waals surface area contributed by atoms with Crippen molar-refractivity contribution >= 4 is 23.3 Å². The zero-order valence-corrected chi connectivity index (χ0v) is 15.8. The Bertz CT molecular complexity index is 975. The number of rotatable bonds is 8. The Labute approximate surface area is 163 Å². The molecule has 0 aliphatic rings. The van der Waals surface area contributed by atoms with Gasteiger partial charge in [0, 0.05) is 18.3 Å². The molecule has 0 bridgehead atoms. The third kappa shape index (κ3) is 4.97. The van der Waals surface area contributed by atoms with Crippen LogP contribution >= 0.6 is 0 Å². The number of aromatic carboxylic acids is 1. The third-order valence-electron chi connectivity index (χ3n) is 4.11. The van der Waals surface area contributed by atoms with Crippen molar-refractivity contribution in [1.29, 1.82) is 0 Å². The van der Waals surface area contributed by atoms with Crippen LogP contribution in [0.4, 0.5) is 17.3 Å². The molecule has 0 aliphatic heterocycles. The molecule has 1 heterocycles. The summed E-state index contributed by atoms with van der Waals surface area (Å²) in [7, 11) is 1.66. The molecule has 144 valence electrons. The normalized spacial score (nSPS) is 10.4. The topological polar surface area (TPSA) is 96.4 Å². The lowest BCUT2D eigenvalue weighted by atomic mass is 10.1. The summed E-state index contributed by atoms with van der Waals surface area (Å²) in [6, 6.07) is 16.3. The highest BCUT2D eigenvalue weighted by Crippen LogP contribution is 2.20. The molecule has 2 aromatic carbocycles. The van der Waals surface area contributed by atoms with E-state index in [9.17, 15) is 4.79 Å². The highest BCUT2D eigenvalue weighted by atomic mass is 16.5. The molecule has 7 nitrogen and oxygen atoms in total. The zero-order valence-electron chi connectivity index (χ0n) is 15.8. The predicted octanol–water partition coefficient (Wildman–Crippen LogP) is 3.89. The molecule has 0 fully saturated rings. The molecule has 0 aliphatic carbocycles. The summed E-state index contributed by atoms with van der Waals surface area (Å²) in [6.45, 7) is 2.50. The number of carboxylic acid groups (broad SMARTS) is 1. The van der Waals surface area contributed by atoms with Crippen molar-refractivity contribution in [3.63, 3.8) is 0 Å². The molecule has 0 spiro atoms. The van der Waals surface area contributed by atoms with E-state index in [0.29, 0.717) is 29.7 Å². The Morgan fingerprint density at radius 2 is 1.86 bits per heavy atom. The molecule has 7 heteroatoms. The van der Waals surface area contributed by atoms with Crippen molar-refractivity contribution in [3.05, 3.63) is 71.5 Å². The molecule has 3 rings (SSSR count). The smallest absolute Gasteiger partial charge is 0.335 e. The van der Waals surface area contributed by atoms with Crippen LogP contribution in [0.2, 0.25) is 0 Å². The quantitative estimate of drug-likeness (QED) is 0.547. The molecule has 28 heavy (non-hydrogen) atoms. The van der Waals surface area contributed by atoms with E-state index in [4.69, 9.17) is 9.84 Å². The second-order valence-corrected chi connectivity index (χ2v) is 6.19. The van der Waals surface area contributed by atoms with Crippen molar-refractivity contribution in [2.45, 2.75) is 13.3 Å². The van der Waals surface area contributed by atoms with Gasteiger partial charge in [0.05, 0.1) is 12.7 Å². The van der Waals surface area contributed by atoms with Crippen molar-refractivity contribution in [2.75, 3.05) is 24.3 Å². The molecule has 0 amide bonds. The van der Waals surface area contributed by atoms with E-state index in [-0.39, 0.29) is 5.56 Å². The lowest BCUT2D eigenvalue weighted by molar-refractivity contribution is 0.0697. The number of ether oxygens (including phenoxy) is 1. The maximum Gasteiger partial charge on any atom is 0.335 e. The van der Waals surface area contributed by atoms with Crippen LogP contribution in [-0.4, -0.2) is 34.7 Å². The lowest BCUT2D eigenvalue weighted by Crippen LogP contribution is -2.09. The molecular formula is C21H22N4O3. The van der Waals surface area contributed by atoms with Crippen LogP contribution in [-0.2, 0) is 6.42 Å². The van der Waals surface area contributed by atoms with E-state index < -0.39 is 5.97 Å². The van der Waals surface area contributed by atoms with E-state index in [1.165, 1.54) is 0 Å². The summed E-state index contributed by atoms with van der Waals surface area (Å²) in [5.41, 5.74) is 1.98. The van der Waals surface area contributed by atoms with E-state index >= 15 is 0 Å². The number of nitrogens with zero attached hydrogens (tertiary/aromatic N) is 2. The number of carbonyl (C=O) groups is 1. The Kier molecular flexibility index (Phi) is 6.06. The second kappa shape index (κ2) is 8.85. The molecule has 1 aromatic heterocycles. The second-order valence-electron chi connectivity index (χ2n) is 6.19. The standard InChI is InChI=1S/C21H22N4O3/c1-14-23-19(22-11-10-15-6-3-4-9-18(15)28-2)13-20(24-14)25-17-8-5-7-16(12-17)21(26)27/h3-9,12-13H,10-11H2,1-2H3,(H,26,27)(H2,22,23,24,25). The van der Waals surface area contributed by atoms with Gasteiger partial charge in [0.1, 0.15) is 23.2 Å². The lowest BCUT2D eigenvalue weighted by Gasteiger charge is -2.12. The number of benzene rings is 2. The number of hydrogen-bond acceptors (Lipinski definition) is 6. The first kappa shape index (κ1) is 19.2. The van der Waals surface area contributed by atoms with Crippen molar-refractivity contribution in [2.24, 2.45) is 0 Å². The summed E-state index contributed by atoms with van der Waals surface area (Å²) in [6.07, 6.45) is 0.788. The summed E-state index contributed by atoms with van der Waals surface area (Å²) in [5, 5.41) is 15.6. The van der Waals surface area contributed by atoms with Gasteiger partial charge in [-0.05, 0) is 43.2 Å². The molecule has 0 saturated heterocycles. The fourth-order valence-electron chi connectivity index (χ4n) is 2.83. The average Bonchev–Trinajstić information content (AvgIpc) is 2.68. The summed E-state index contributed by atoms with van der Waals surface area (Å²) >= 11 is 0. The van der Waals surface area contributed by atoms with E-state index in [1.807, 2.05) is 31.2 Å². The van der Waals surface area contributed by atoms with Crippen LogP contribution in [0.5, 0.6) is 5.75 Å². The van der Waals surface area contributed by atoms with Gasteiger partial charge in [-0.15, -0.1) is 0 Å². The van der Waals surface area contributed by atoms with Gasteiger partial charge in [-0.3, -0.25) is 0 Å². The first-order valence-electron chi connectivity index (χ1n) is 8.87. The Hall–Kier alpha value is -3.61. The first-order valence-corrected chi connectivity index (χ1v) is 8.87. The number of methoxy groups -OCH3 is 1. The number of aryl methyl sites for hydroxylation is 1. The van der Waals surface area contributed by atoms with Gasteiger partial charge in [-0.1, -0.05) is 24.3 Å². The molecule has 0 saturated carbocycles. The van der Waals surface area contributed by atoms with Gasteiger partial charge in [0.2, 0.25) is 0 Å². The maximum atomic E-state index is 11.1. The van der Waals surface area contributed by atoms with Crippen LogP contribution in [0.15, 0.2) is 54.6 Å². The van der Waals surface area contributed by atoms with Crippen LogP contribution in [0.25, 0.3) is 0 Å². The SMILES string of the molecule is COc1ccccc1CCNc1cc(Nc2cccc(C(=O)O)c2)nc(C)n1. The monoisotopic (exact) mass is 378 g/mol. The highest BCUT2D eigenvalue weighted by molar-refractivity contribution is 5.89.